The van der Waals surface area contributed by atoms with Crippen LogP contribution in [0.3, 0.4) is 0 Å². The highest BCUT2D eigenvalue weighted by atomic mass is 32.2. The van der Waals surface area contributed by atoms with Gasteiger partial charge in [0.25, 0.3) is 0 Å². The summed E-state index contributed by atoms with van der Waals surface area (Å²) < 4.78 is 23.9. The average Bonchev–Trinajstić information content (AvgIpc) is 2.33. The van der Waals surface area contributed by atoms with Crippen molar-refractivity contribution in [3.8, 4) is 0 Å². The molecule has 0 spiro atoms. The summed E-state index contributed by atoms with van der Waals surface area (Å²) >= 11 is 0. The zero-order valence-electron chi connectivity index (χ0n) is 11.5. The number of ketones is 1. The lowest BCUT2D eigenvalue weighted by atomic mass is 9.98. The van der Waals surface area contributed by atoms with Crippen molar-refractivity contribution >= 4 is 15.6 Å². The quantitative estimate of drug-likeness (QED) is 0.854. The lowest BCUT2D eigenvalue weighted by Gasteiger charge is -2.21. The van der Waals surface area contributed by atoms with Crippen molar-refractivity contribution in [2.24, 2.45) is 0 Å². The highest BCUT2D eigenvalue weighted by molar-refractivity contribution is 7.92. The van der Waals surface area contributed by atoms with Crippen molar-refractivity contribution in [1.29, 1.82) is 0 Å². The molecular formula is C15H20O3S. The molecule has 1 fully saturated rings. The monoisotopic (exact) mass is 280 g/mol. The molecule has 1 saturated heterocycles. The Kier molecular flexibility index (Phi) is 4.09. The second-order valence-electron chi connectivity index (χ2n) is 5.42. The molecule has 1 aromatic rings. The molecule has 1 aliphatic rings. The number of Topliss-reactive ketones (excluding diaryl/α,β-unsaturated/α-hetero) is 1. The Morgan fingerprint density at radius 2 is 2.00 bits per heavy atom. The van der Waals surface area contributed by atoms with E-state index in [1.165, 1.54) is 0 Å². The standard InChI is InChI=1S/C15H20O3S/c1-11-6-7-12(2)13(9-11)10-14(16)15-5-3-4-8-19(15,17)18/h6-7,9,15H,3-5,8,10H2,1-2H3. The molecule has 0 aromatic heterocycles. The van der Waals surface area contributed by atoms with Gasteiger partial charge in [-0.25, -0.2) is 8.42 Å². The summed E-state index contributed by atoms with van der Waals surface area (Å²) in [5.74, 6) is 0.0179. The van der Waals surface area contributed by atoms with E-state index in [0.29, 0.717) is 12.8 Å². The van der Waals surface area contributed by atoms with E-state index in [0.717, 1.165) is 23.1 Å². The van der Waals surface area contributed by atoms with Crippen LogP contribution in [-0.4, -0.2) is 25.2 Å². The zero-order chi connectivity index (χ0) is 14.0. The van der Waals surface area contributed by atoms with Crippen molar-refractivity contribution in [3.05, 3.63) is 34.9 Å². The van der Waals surface area contributed by atoms with Gasteiger partial charge in [0.2, 0.25) is 0 Å². The summed E-state index contributed by atoms with van der Waals surface area (Å²) in [4.78, 5) is 12.3. The van der Waals surface area contributed by atoms with Gasteiger partial charge in [-0.05, 0) is 37.8 Å². The van der Waals surface area contributed by atoms with Crippen LogP contribution in [0.4, 0.5) is 0 Å². The maximum atomic E-state index is 12.3. The van der Waals surface area contributed by atoms with E-state index in [-0.39, 0.29) is 18.0 Å². The summed E-state index contributed by atoms with van der Waals surface area (Å²) in [6.45, 7) is 3.93. The largest absolute Gasteiger partial charge is 0.298 e. The van der Waals surface area contributed by atoms with Gasteiger partial charge >= 0.3 is 0 Å². The van der Waals surface area contributed by atoms with Crippen LogP contribution in [0.5, 0.6) is 0 Å². The van der Waals surface area contributed by atoms with Gasteiger partial charge in [-0.3, -0.25) is 4.79 Å². The number of hydrogen-bond donors (Lipinski definition) is 0. The van der Waals surface area contributed by atoms with E-state index >= 15 is 0 Å². The van der Waals surface area contributed by atoms with Crippen LogP contribution in [0, 0.1) is 13.8 Å². The third-order valence-electron chi connectivity index (χ3n) is 3.81. The van der Waals surface area contributed by atoms with Crippen molar-refractivity contribution in [2.45, 2.75) is 44.8 Å². The maximum absolute atomic E-state index is 12.3. The topological polar surface area (TPSA) is 51.2 Å². The summed E-state index contributed by atoms with van der Waals surface area (Å²) in [5, 5.41) is -0.777. The molecule has 0 radical (unpaired) electrons. The molecule has 0 amide bonds. The first-order chi connectivity index (χ1) is 8.90. The molecule has 0 N–H and O–H groups in total. The van der Waals surface area contributed by atoms with E-state index in [2.05, 4.69) is 0 Å². The Bertz CT molecular complexity index is 587. The second-order valence-corrected chi connectivity index (χ2v) is 7.73. The smallest absolute Gasteiger partial charge is 0.160 e. The number of hydrogen-bond acceptors (Lipinski definition) is 3. The summed E-state index contributed by atoms with van der Waals surface area (Å²) in [6.07, 6.45) is 2.25. The second kappa shape index (κ2) is 5.45. The van der Waals surface area contributed by atoms with Crippen LogP contribution in [0.15, 0.2) is 18.2 Å². The molecule has 3 nitrogen and oxygen atoms in total. The molecule has 0 saturated carbocycles. The SMILES string of the molecule is Cc1ccc(C)c(CC(=O)C2CCCCS2(=O)=O)c1. The van der Waals surface area contributed by atoms with Gasteiger partial charge in [-0.2, -0.15) is 0 Å². The van der Waals surface area contributed by atoms with Gasteiger partial charge in [-0.1, -0.05) is 30.2 Å². The van der Waals surface area contributed by atoms with Gasteiger partial charge in [0.1, 0.15) is 5.25 Å². The van der Waals surface area contributed by atoms with Gasteiger partial charge in [0.05, 0.1) is 5.75 Å². The highest BCUT2D eigenvalue weighted by Crippen LogP contribution is 2.22. The van der Waals surface area contributed by atoms with Gasteiger partial charge in [0.15, 0.2) is 15.6 Å². The number of rotatable bonds is 3. The molecule has 4 heteroatoms. The number of carbonyl (C=O) groups is 1. The minimum Gasteiger partial charge on any atom is -0.298 e. The highest BCUT2D eigenvalue weighted by Gasteiger charge is 2.34. The number of aryl methyl sites for hydroxylation is 2. The van der Waals surface area contributed by atoms with Crippen LogP contribution in [-0.2, 0) is 21.1 Å². The first-order valence-electron chi connectivity index (χ1n) is 6.70. The lowest BCUT2D eigenvalue weighted by molar-refractivity contribution is -0.118. The maximum Gasteiger partial charge on any atom is 0.160 e. The molecule has 104 valence electrons. The number of benzene rings is 1. The fourth-order valence-electron chi connectivity index (χ4n) is 2.61. The summed E-state index contributed by atoms with van der Waals surface area (Å²) in [7, 11) is -3.22. The van der Waals surface area contributed by atoms with Crippen molar-refractivity contribution in [1.82, 2.24) is 0 Å². The predicted octanol–water partition coefficient (Wildman–Crippen LogP) is 2.38. The van der Waals surface area contributed by atoms with E-state index in [1.807, 2.05) is 32.0 Å². The molecule has 1 atom stereocenters. The third kappa shape index (κ3) is 3.24. The molecule has 1 aromatic carbocycles. The third-order valence-corrected chi connectivity index (χ3v) is 6.03. The Morgan fingerprint density at radius 1 is 1.26 bits per heavy atom. The number of sulfone groups is 1. The minimum absolute atomic E-state index is 0.145. The van der Waals surface area contributed by atoms with E-state index < -0.39 is 15.1 Å². The fourth-order valence-corrected chi connectivity index (χ4v) is 4.51. The van der Waals surface area contributed by atoms with Crippen LogP contribution in [0.2, 0.25) is 0 Å². The van der Waals surface area contributed by atoms with E-state index in [9.17, 15) is 13.2 Å². The normalized spacial score (nSPS) is 22.1. The fraction of sp³-hybridized carbons (Fsp3) is 0.533. The Balaban J connectivity index is 2.19. The molecule has 19 heavy (non-hydrogen) atoms. The van der Waals surface area contributed by atoms with Crippen molar-refractivity contribution < 1.29 is 13.2 Å². The van der Waals surface area contributed by atoms with E-state index in [1.54, 1.807) is 0 Å². The van der Waals surface area contributed by atoms with Crippen molar-refractivity contribution in [2.75, 3.05) is 5.75 Å². The van der Waals surface area contributed by atoms with Crippen LogP contribution >= 0.6 is 0 Å². The first kappa shape index (κ1) is 14.3. The van der Waals surface area contributed by atoms with Gasteiger partial charge in [-0.15, -0.1) is 0 Å². The molecule has 1 unspecified atom stereocenters. The Labute approximate surface area is 114 Å². The van der Waals surface area contributed by atoms with E-state index in [4.69, 9.17) is 0 Å². The molecule has 1 heterocycles. The molecule has 1 aliphatic heterocycles. The first-order valence-corrected chi connectivity index (χ1v) is 8.42. The zero-order valence-corrected chi connectivity index (χ0v) is 12.3. The minimum atomic E-state index is -3.22. The summed E-state index contributed by atoms with van der Waals surface area (Å²) in [6, 6.07) is 5.96. The van der Waals surface area contributed by atoms with Crippen LogP contribution in [0.25, 0.3) is 0 Å². The average molecular weight is 280 g/mol. The Morgan fingerprint density at radius 3 is 2.68 bits per heavy atom. The lowest BCUT2D eigenvalue weighted by Crippen LogP contribution is -2.36. The van der Waals surface area contributed by atoms with Crippen LogP contribution < -0.4 is 0 Å². The van der Waals surface area contributed by atoms with Gasteiger partial charge in [0, 0.05) is 6.42 Å². The molecule has 0 bridgehead atoms. The molecule has 2 rings (SSSR count). The number of carbonyl (C=O) groups excluding carboxylic acids is 1. The predicted molar refractivity (Wildman–Crippen MR) is 76.1 cm³/mol. The Hall–Kier alpha value is -1.16. The molecular weight excluding hydrogens is 260 g/mol. The van der Waals surface area contributed by atoms with Crippen molar-refractivity contribution in [3.63, 3.8) is 0 Å². The van der Waals surface area contributed by atoms with Gasteiger partial charge < -0.3 is 0 Å². The molecule has 0 aliphatic carbocycles. The van der Waals surface area contributed by atoms with Crippen LogP contribution in [0.1, 0.15) is 36.0 Å². The summed E-state index contributed by atoms with van der Waals surface area (Å²) in [5.41, 5.74) is 3.10.